The molecule has 0 bridgehead atoms. The molecule has 2 N–H and O–H groups in total. The quantitative estimate of drug-likeness (QED) is 0.0367. The summed E-state index contributed by atoms with van der Waals surface area (Å²) in [6.45, 7) is 18.3. The summed E-state index contributed by atoms with van der Waals surface area (Å²) in [5.41, 5.74) is 2.75. The molecule has 1 atom stereocenters. The zero-order chi connectivity index (χ0) is 66.1. The van der Waals surface area contributed by atoms with Crippen molar-refractivity contribution in [2.75, 3.05) is 0 Å². The second-order valence-corrected chi connectivity index (χ2v) is 19.6. The molecule has 0 saturated carbocycles. The maximum absolute atomic E-state index is 12.8. The fourth-order valence-corrected chi connectivity index (χ4v) is 8.15. The molecule has 0 aromatic heterocycles. The number of carbonyl (C=O) groups is 1. The van der Waals surface area contributed by atoms with Crippen LogP contribution in [0.1, 0.15) is 256 Å². The van der Waals surface area contributed by atoms with E-state index in [9.17, 15) is 4.79 Å². The van der Waals surface area contributed by atoms with Crippen molar-refractivity contribution < 1.29 is 11.7 Å². The highest BCUT2D eigenvalue weighted by Crippen LogP contribution is 2.33. The van der Waals surface area contributed by atoms with Gasteiger partial charge in [0, 0.05) is 55.2 Å². The predicted molar refractivity (Wildman–Crippen MR) is 389 cm³/mol. The van der Waals surface area contributed by atoms with Gasteiger partial charge in [0.25, 0.3) is 0 Å². The van der Waals surface area contributed by atoms with Crippen molar-refractivity contribution >= 4 is 5.78 Å². The second-order valence-electron chi connectivity index (χ2n) is 19.6. The van der Waals surface area contributed by atoms with Crippen LogP contribution in [0.5, 0.6) is 0 Å². The van der Waals surface area contributed by atoms with Gasteiger partial charge in [-0.1, -0.05) is 209 Å². The highest BCUT2D eigenvalue weighted by Gasteiger charge is 2.20. The Kier molecular flexibility index (Phi) is 81.5. The van der Waals surface area contributed by atoms with Crippen molar-refractivity contribution in [1.29, 1.82) is 0 Å². The lowest BCUT2D eigenvalue weighted by Crippen LogP contribution is -2.16. The minimum absolute atomic E-state index is 0. The van der Waals surface area contributed by atoms with E-state index in [1.165, 1.54) is 178 Å². The highest BCUT2D eigenvalue weighted by atomic mass is 16.1. The van der Waals surface area contributed by atoms with E-state index in [1.807, 2.05) is 0 Å². The highest BCUT2D eigenvalue weighted by molar-refractivity contribution is 5.96. The molecule has 0 aliphatic heterocycles. The van der Waals surface area contributed by atoms with Crippen LogP contribution in [-0.4, -0.2) is 11.3 Å². The van der Waals surface area contributed by atoms with E-state index >= 15 is 0 Å². The summed E-state index contributed by atoms with van der Waals surface area (Å²) in [5, 5.41) is 0. The zero-order valence-corrected chi connectivity index (χ0v) is 55.8. The summed E-state index contributed by atoms with van der Waals surface area (Å²) >= 11 is 0. The predicted octanol–water partition coefficient (Wildman–Crippen LogP) is 16.3. The zero-order valence-electron chi connectivity index (χ0n) is 55.8. The van der Waals surface area contributed by atoms with E-state index in [1.54, 1.807) is 0 Å². The van der Waals surface area contributed by atoms with E-state index in [2.05, 4.69) is 292 Å². The summed E-state index contributed by atoms with van der Waals surface area (Å²) in [4.78, 5) is 12.8. The van der Waals surface area contributed by atoms with E-state index in [4.69, 9.17) is 25.7 Å². The molecular weight excluding hydrogens is 1090 g/mol. The van der Waals surface area contributed by atoms with Gasteiger partial charge in [-0.2, -0.15) is 0 Å². The van der Waals surface area contributed by atoms with Crippen LogP contribution >= 0.6 is 0 Å². The van der Waals surface area contributed by atoms with Gasteiger partial charge in [0.1, 0.15) is 0 Å². The lowest BCUT2D eigenvalue weighted by Gasteiger charge is -2.28. The molecule has 2 heteroatoms. The Morgan fingerprint density at radius 1 is 0.244 bits per heavy atom. The standard InChI is InChI=1S/C22H42O.C22H46.2C22H2.H2O.H2/c1-5-9-13-16-20(17-14-10-6-2)21(18-12-8-4)22(23)19-15-11-7-3;1-5-9-13-16-20-21(17-12-8-4)22(18-14-10-6-2)19-15-11-7-3;2*1-3-5-7-9-11-13-15-17-19-21-22-20-18-16-14-12-10-8-6-4-2;;/h5-19H2,1-4H3;21-22H,5-20H2,1-4H3;2*1-2H;1H2;1H. The number of allylic oxidation sites excluding steroid dienone is 2. The molecule has 90 heavy (non-hydrogen) atoms. The van der Waals surface area contributed by atoms with Crippen LogP contribution in [0, 0.1) is 274 Å². The number of terminal acetylenes is 4. The Labute approximate surface area is 554 Å². The van der Waals surface area contributed by atoms with Gasteiger partial charge >= 0.3 is 0 Å². The van der Waals surface area contributed by atoms with Crippen LogP contribution in [0.4, 0.5) is 0 Å². The number of hydrogen-bond acceptors (Lipinski definition) is 1. The number of unbranched alkanes of at least 4 members (excludes halogenated alkanes) is 15. The Hall–Kier alpha value is -10.3. The molecule has 0 rings (SSSR count). The van der Waals surface area contributed by atoms with E-state index in [-0.39, 0.29) is 6.90 Å². The topological polar surface area (TPSA) is 48.6 Å². The molecule has 0 aromatic carbocycles. The molecule has 0 amide bonds. The van der Waals surface area contributed by atoms with Crippen molar-refractivity contribution in [3.63, 3.8) is 0 Å². The Morgan fingerprint density at radius 3 is 0.689 bits per heavy atom. The van der Waals surface area contributed by atoms with Crippen LogP contribution in [0.25, 0.3) is 0 Å². The third-order valence-electron chi connectivity index (χ3n) is 12.5. The number of rotatable bonds is 33. The molecule has 0 aromatic rings. The minimum Gasteiger partial charge on any atom is -0.412 e. The first-order valence-corrected chi connectivity index (χ1v) is 31.9. The van der Waals surface area contributed by atoms with Gasteiger partial charge in [-0.25, -0.2) is 0 Å². The monoisotopic (exact) mass is 1180 g/mol. The van der Waals surface area contributed by atoms with Crippen LogP contribution in [-0.2, 0) is 4.79 Å². The maximum atomic E-state index is 12.8. The summed E-state index contributed by atoms with van der Waals surface area (Å²) in [6.07, 6.45) is 60.4. The molecule has 0 spiro atoms. The molecule has 0 radical (unpaired) electrons. The van der Waals surface area contributed by atoms with E-state index in [0.29, 0.717) is 5.78 Å². The lowest BCUT2D eigenvalue weighted by molar-refractivity contribution is -0.115. The van der Waals surface area contributed by atoms with Gasteiger partial charge in [-0.05, 0) is 252 Å². The molecule has 0 saturated heterocycles. The first kappa shape index (κ1) is 88.5. The van der Waals surface area contributed by atoms with Crippen LogP contribution in [0.3, 0.4) is 0 Å². The van der Waals surface area contributed by atoms with Gasteiger partial charge in [-0.15, -0.1) is 25.7 Å². The number of hydrogen-bond donors (Lipinski definition) is 0. The number of Topliss-reactive ketones (excluding diaryl/α,β-unsaturated/α-hetero) is 1. The third kappa shape index (κ3) is 73.8. The molecule has 460 valence electrons. The van der Waals surface area contributed by atoms with Crippen molar-refractivity contribution in [3.05, 3.63) is 11.1 Å². The summed E-state index contributed by atoms with van der Waals surface area (Å²) < 4.78 is 0. The number of carbonyl (C=O) groups excluding carboxylic acids is 1. The molecule has 0 heterocycles. The fraction of sp³-hybridized carbons (Fsp3) is 0.466. The van der Waals surface area contributed by atoms with Crippen molar-refractivity contribution in [3.8, 4) is 263 Å². The van der Waals surface area contributed by atoms with Crippen LogP contribution < -0.4 is 0 Å². The van der Waals surface area contributed by atoms with E-state index in [0.717, 1.165) is 43.9 Å². The molecule has 1 unspecified atom stereocenters. The van der Waals surface area contributed by atoms with E-state index < -0.39 is 0 Å². The Bertz CT molecular complexity index is 3120. The average Bonchev–Trinajstić information content (AvgIpc) is 3.75. The number of ketones is 1. The fourth-order valence-electron chi connectivity index (χ4n) is 8.15. The summed E-state index contributed by atoms with van der Waals surface area (Å²) in [7, 11) is 0. The molecular formula is C88H96O2. The Morgan fingerprint density at radius 2 is 0.444 bits per heavy atom. The normalized spacial score (nSPS) is 7.74. The van der Waals surface area contributed by atoms with Crippen LogP contribution in [0.2, 0.25) is 0 Å². The summed E-state index contributed by atoms with van der Waals surface area (Å²) in [6, 6.07) is 0. The van der Waals surface area contributed by atoms with Gasteiger partial charge in [0.15, 0.2) is 5.78 Å². The van der Waals surface area contributed by atoms with Crippen LogP contribution in [0.15, 0.2) is 11.1 Å². The second kappa shape index (κ2) is 82.9. The third-order valence-corrected chi connectivity index (χ3v) is 12.5. The smallest absolute Gasteiger partial charge is 0.158 e. The average molecular weight is 1190 g/mol. The molecule has 0 aliphatic carbocycles. The van der Waals surface area contributed by atoms with Gasteiger partial charge in [-0.3, -0.25) is 4.79 Å². The molecule has 0 aliphatic rings. The molecule has 0 fully saturated rings. The van der Waals surface area contributed by atoms with Crippen molar-refractivity contribution in [2.24, 2.45) is 11.8 Å². The molecule has 2 nitrogen and oxygen atoms in total. The van der Waals surface area contributed by atoms with Crippen molar-refractivity contribution in [1.82, 2.24) is 0 Å². The van der Waals surface area contributed by atoms with Gasteiger partial charge in [0.05, 0.1) is 0 Å². The lowest BCUT2D eigenvalue weighted by atomic mass is 9.78. The van der Waals surface area contributed by atoms with Gasteiger partial charge < -0.3 is 5.48 Å². The van der Waals surface area contributed by atoms with Crippen molar-refractivity contribution in [2.45, 2.75) is 254 Å². The SMILES string of the molecule is C#CC#CC#CC#CC#CC#CC#CC#CC#CC#CC#C.C#CC#CC#CC#CC#CC#CC#CC#CC#CC#CC#C.CCCCCC(=O)C(CCCC)=C(CCCCC)CCCCC.CCCCCCC(CCCC)C(CCCCC)CCCCC.O.[HH]. The minimum atomic E-state index is 0. The Balaban J connectivity index is -0.000000263. The first-order valence-electron chi connectivity index (χ1n) is 31.9. The first-order chi connectivity index (χ1) is 43.8. The van der Waals surface area contributed by atoms with Gasteiger partial charge in [0.2, 0.25) is 0 Å². The largest absolute Gasteiger partial charge is 0.412 e. The summed E-state index contributed by atoms with van der Waals surface area (Å²) in [5.74, 6) is 98.9. The maximum Gasteiger partial charge on any atom is 0.158 e.